The van der Waals surface area contributed by atoms with E-state index < -0.39 is 0 Å². The van der Waals surface area contributed by atoms with Gasteiger partial charge in [-0.3, -0.25) is 0 Å². The standard InChI is InChI=1S/C32H27NS/c1-24-13-17-28(18-14-24)33(29-19-15-25(2)16-20-29)32-22-21-31(34-32)30(27-11-7-4-8-12-27)23-26-9-5-3-6-10-26/h3-23H,1-2H3. The van der Waals surface area contributed by atoms with Gasteiger partial charge in [0.05, 0.1) is 0 Å². The van der Waals surface area contributed by atoms with Crippen molar-refractivity contribution in [1.82, 2.24) is 0 Å². The van der Waals surface area contributed by atoms with Gasteiger partial charge in [0.15, 0.2) is 0 Å². The molecule has 4 aromatic carbocycles. The SMILES string of the molecule is Cc1ccc(N(c2ccc(C)cc2)c2ccc(C(=Cc3ccccc3)c3ccccc3)s2)cc1. The van der Waals surface area contributed by atoms with Crippen molar-refractivity contribution in [2.75, 3.05) is 4.90 Å². The molecule has 0 bridgehead atoms. The van der Waals surface area contributed by atoms with Crippen molar-refractivity contribution in [3.63, 3.8) is 0 Å². The summed E-state index contributed by atoms with van der Waals surface area (Å²) in [5.74, 6) is 0. The summed E-state index contributed by atoms with van der Waals surface area (Å²) in [5.41, 5.74) is 8.50. The van der Waals surface area contributed by atoms with Crippen LogP contribution in [0.25, 0.3) is 11.6 Å². The van der Waals surface area contributed by atoms with Gasteiger partial charge in [-0.1, -0.05) is 96.1 Å². The quantitative estimate of drug-likeness (QED) is 0.230. The Hall–Kier alpha value is -3.88. The lowest BCUT2D eigenvalue weighted by molar-refractivity contribution is 1.29. The van der Waals surface area contributed by atoms with Crippen LogP contribution in [0, 0.1) is 13.8 Å². The topological polar surface area (TPSA) is 3.24 Å². The fourth-order valence-electron chi connectivity index (χ4n) is 4.01. The molecule has 0 N–H and O–H groups in total. The van der Waals surface area contributed by atoms with Crippen LogP contribution < -0.4 is 4.90 Å². The van der Waals surface area contributed by atoms with Crippen molar-refractivity contribution in [3.05, 3.63) is 148 Å². The average molecular weight is 458 g/mol. The fraction of sp³-hybridized carbons (Fsp3) is 0.0625. The lowest BCUT2D eigenvalue weighted by Gasteiger charge is -2.24. The molecule has 0 fully saturated rings. The Balaban J connectivity index is 1.61. The maximum atomic E-state index is 2.35. The highest BCUT2D eigenvalue weighted by Crippen LogP contribution is 2.42. The summed E-state index contributed by atoms with van der Waals surface area (Å²) in [4.78, 5) is 3.59. The second kappa shape index (κ2) is 9.94. The minimum absolute atomic E-state index is 1.16. The Morgan fingerprint density at radius 2 is 1.12 bits per heavy atom. The molecule has 0 unspecified atom stereocenters. The zero-order chi connectivity index (χ0) is 23.3. The van der Waals surface area contributed by atoms with Crippen LogP contribution in [-0.4, -0.2) is 0 Å². The Bertz CT molecular complexity index is 1330. The first-order valence-electron chi connectivity index (χ1n) is 11.5. The summed E-state index contributed by atoms with van der Waals surface area (Å²) >= 11 is 1.82. The molecule has 166 valence electrons. The van der Waals surface area contributed by atoms with Gasteiger partial charge in [0, 0.05) is 16.3 Å². The molecule has 0 saturated heterocycles. The number of benzene rings is 4. The van der Waals surface area contributed by atoms with Crippen molar-refractivity contribution in [3.8, 4) is 0 Å². The zero-order valence-corrected chi connectivity index (χ0v) is 20.3. The minimum atomic E-state index is 1.16. The second-order valence-corrected chi connectivity index (χ2v) is 9.54. The van der Waals surface area contributed by atoms with Gasteiger partial charge in [0.1, 0.15) is 5.00 Å². The van der Waals surface area contributed by atoms with Gasteiger partial charge >= 0.3 is 0 Å². The lowest BCUT2D eigenvalue weighted by Crippen LogP contribution is -2.08. The molecule has 0 aliphatic carbocycles. The van der Waals surface area contributed by atoms with Gasteiger partial charge in [-0.2, -0.15) is 0 Å². The third kappa shape index (κ3) is 4.88. The van der Waals surface area contributed by atoms with Crippen molar-refractivity contribution in [2.45, 2.75) is 13.8 Å². The van der Waals surface area contributed by atoms with E-state index in [1.54, 1.807) is 0 Å². The molecule has 0 atom stereocenters. The number of thiophene rings is 1. The third-order valence-corrected chi connectivity index (χ3v) is 6.96. The number of hydrogen-bond acceptors (Lipinski definition) is 2. The highest BCUT2D eigenvalue weighted by Gasteiger charge is 2.16. The molecule has 0 radical (unpaired) electrons. The maximum Gasteiger partial charge on any atom is 0.101 e. The van der Waals surface area contributed by atoms with E-state index in [1.807, 2.05) is 11.3 Å². The molecule has 1 heterocycles. The van der Waals surface area contributed by atoms with E-state index >= 15 is 0 Å². The van der Waals surface area contributed by atoms with Crippen LogP contribution >= 0.6 is 11.3 Å². The van der Waals surface area contributed by atoms with Crippen LogP contribution in [0.5, 0.6) is 0 Å². The molecule has 0 amide bonds. The summed E-state index contributed by atoms with van der Waals surface area (Å²) < 4.78 is 0. The monoisotopic (exact) mass is 457 g/mol. The summed E-state index contributed by atoms with van der Waals surface area (Å²) in [6.07, 6.45) is 2.28. The Morgan fingerprint density at radius 1 is 0.588 bits per heavy atom. The van der Waals surface area contributed by atoms with Crippen molar-refractivity contribution in [1.29, 1.82) is 0 Å². The van der Waals surface area contributed by atoms with Gasteiger partial charge < -0.3 is 4.90 Å². The Kier molecular flexibility index (Phi) is 6.42. The Labute approximate surface area is 206 Å². The van der Waals surface area contributed by atoms with Crippen molar-refractivity contribution < 1.29 is 0 Å². The summed E-state index contributed by atoms with van der Waals surface area (Å²) in [6.45, 7) is 4.26. The van der Waals surface area contributed by atoms with E-state index in [-0.39, 0.29) is 0 Å². The van der Waals surface area contributed by atoms with E-state index in [0.29, 0.717) is 0 Å². The van der Waals surface area contributed by atoms with Crippen LogP contribution in [0.1, 0.15) is 27.1 Å². The van der Waals surface area contributed by atoms with Gasteiger partial charge in [-0.25, -0.2) is 0 Å². The predicted molar refractivity (Wildman–Crippen MR) is 148 cm³/mol. The van der Waals surface area contributed by atoms with Crippen LogP contribution in [0.15, 0.2) is 121 Å². The van der Waals surface area contributed by atoms with Crippen LogP contribution in [0.2, 0.25) is 0 Å². The van der Waals surface area contributed by atoms with Gasteiger partial charge in [0.2, 0.25) is 0 Å². The summed E-state index contributed by atoms with van der Waals surface area (Å²) in [6, 6.07) is 43.2. The van der Waals surface area contributed by atoms with Crippen LogP contribution in [0.3, 0.4) is 0 Å². The summed E-state index contributed by atoms with van der Waals surface area (Å²) in [5, 5.41) is 1.19. The normalized spacial score (nSPS) is 11.4. The molecule has 2 heteroatoms. The van der Waals surface area contributed by atoms with E-state index in [2.05, 4.69) is 146 Å². The van der Waals surface area contributed by atoms with Crippen LogP contribution in [0.4, 0.5) is 16.4 Å². The second-order valence-electron chi connectivity index (χ2n) is 8.48. The van der Waals surface area contributed by atoms with Crippen LogP contribution in [-0.2, 0) is 0 Å². The molecule has 0 aliphatic rings. The van der Waals surface area contributed by atoms with Gasteiger partial charge in [0.25, 0.3) is 0 Å². The average Bonchev–Trinajstić information content (AvgIpc) is 3.35. The smallest absolute Gasteiger partial charge is 0.101 e. The number of anilines is 3. The molecule has 0 saturated carbocycles. The molecule has 34 heavy (non-hydrogen) atoms. The molecule has 0 aliphatic heterocycles. The highest BCUT2D eigenvalue weighted by atomic mass is 32.1. The van der Waals surface area contributed by atoms with Crippen molar-refractivity contribution in [2.24, 2.45) is 0 Å². The first-order valence-corrected chi connectivity index (χ1v) is 12.3. The maximum absolute atomic E-state index is 2.35. The molecule has 1 nitrogen and oxygen atoms in total. The van der Waals surface area contributed by atoms with E-state index in [9.17, 15) is 0 Å². The molecule has 5 rings (SSSR count). The third-order valence-electron chi connectivity index (χ3n) is 5.86. The largest absolute Gasteiger partial charge is 0.302 e. The molecule has 5 aromatic rings. The fourth-order valence-corrected chi connectivity index (χ4v) is 5.10. The number of aryl methyl sites for hydroxylation is 2. The number of nitrogens with zero attached hydrogens (tertiary/aromatic N) is 1. The highest BCUT2D eigenvalue weighted by molar-refractivity contribution is 7.17. The number of hydrogen-bond donors (Lipinski definition) is 0. The van der Waals surface area contributed by atoms with E-state index in [0.717, 1.165) is 11.4 Å². The molecular weight excluding hydrogens is 430 g/mol. The zero-order valence-electron chi connectivity index (χ0n) is 19.5. The molecular formula is C32H27NS. The first kappa shape index (κ1) is 21.9. The number of rotatable bonds is 6. The lowest BCUT2D eigenvalue weighted by atomic mass is 10.0. The van der Waals surface area contributed by atoms with Gasteiger partial charge in [-0.15, -0.1) is 11.3 Å². The summed E-state index contributed by atoms with van der Waals surface area (Å²) in [7, 11) is 0. The molecule has 1 aromatic heterocycles. The van der Waals surface area contributed by atoms with E-state index in [1.165, 1.54) is 37.7 Å². The Morgan fingerprint density at radius 3 is 1.68 bits per heavy atom. The minimum Gasteiger partial charge on any atom is -0.302 e. The molecule has 0 spiro atoms. The van der Waals surface area contributed by atoms with Crippen molar-refractivity contribution >= 4 is 39.4 Å². The first-order chi connectivity index (χ1) is 16.7. The van der Waals surface area contributed by atoms with E-state index in [4.69, 9.17) is 0 Å². The van der Waals surface area contributed by atoms with Gasteiger partial charge in [-0.05, 0) is 73.0 Å². The predicted octanol–water partition coefficient (Wildman–Crippen LogP) is 9.42.